The SMILES string of the molecule is Cc1sc2c(c1C)C(c1ccc(Cl)cc1)=N[C@@H](CC(=O)Nc1ccc(OCCOCCOCCOCCNc3cccc4c3C(=O)N(C3CCC(=O)CC3=O)C4=O)cc1)c1nnc(C)n1-2. The summed E-state index contributed by atoms with van der Waals surface area (Å²) in [6.45, 7) is 8.91. The minimum absolute atomic E-state index is 0.0513. The number of benzene rings is 3. The fraction of sp³-hybridized carbons (Fsp3) is 0.362. The van der Waals surface area contributed by atoms with Gasteiger partial charge in [-0.3, -0.25) is 38.4 Å². The number of anilines is 2. The van der Waals surface area contributed by atoms with Crippen molar-refractivity contribution in [3.05, 3.63) is 116 Å². The number of aliphatic imine (C=N–C) groups is 1. The van der Waals surface area contributed by atoms with Crippen molar-refractivity contribution in [3.8, 4) is 10.8 Å². The van der Waals surface area contributed by atoms with Crippen LogP contribution in [0.2, 0.25) is 5.02 Å². The minimum Gasteiger partial charge on any atom is -0.491 e. The van der Waals surface area contributed by atoms with Crippen LogP contribution in [0.25, 0.3) is 5.00 Å². The number of fused-ring (bicyclic) bond motifs is 4. The zero-order valence-electron chi connectivity index (χ0n) is 36.2. The van der Waals surface area contributed by atoms with Gasteiger partial charge in [0.25, 0.3) is 11.8 Å². The topological polar surface area (TPSA) is 193 Å². The number of ketones is 2. The molecular weight excluding hydrogens is 874 g/mol. The number of aryl methyl sites for hydroxylation is 2. The van der Waals surface area contributed by atoms with Crippen molar-refractivity contribution in [3.63, 3.8) is 0 Å². The third kappa shape index (κ3) is 10.1. The predicted molar refractivity (Wildman–Crippen MR) is 244 cm³/mol. The molecule has 338 valence electrons. The van der Waals surface area contributed by atoms with E-state index < -0.39 is 29.7 Å². The van der Waals surface area contributed by atoms with Gasteiger partial charge >= 0.3 is 0 Å². The molecule has 0 saturated heterocycles. The minimum atomic E-state index is -0.915. The summed E-state index contributed by atoms with van der Waals surface area (Å²) in [5.74, 6) is 0.110. The predicted octanol–water partition coefficient (Wildman–Crippen LogP) is 6.66. The molecule has 3 aliphatic rings. The summed E-state index contributed by atoms with van der Waals surface area (Å²) in [7, 11) is 0. The summed E-state index contributed by atoms with van der Waals surface area (Å²) < 4.78 is 24.7. The number of hydrogen-bond donors (Lipinski definition) is 2. The largest absolute Gasteiger partial charge is 0.491 e. The van der Waals surface area contributed by atoms with Crippen LogP contribution in [-0.4, -0.2) is 113 Å². The average Bonchev–Trinajstić information content (AvgIpc) is 3.87. The van der Waals surface area contributed by atoms with Crippen molar-refractivity contribution in [2.75, 3.05) is 63.4 Å². The van der Waals surface area contributed by atoms with Crippen LogP contribution in [-0.2, 0) is 28.6 Å². The second-order valence-corrected chi connectivity index (χ2v) is 17.4. The van der Waals surface area contributed by atoms with E-state index in [1.54, 1.807) is 53.8 Å². The Morgan fingerprint density at radius 2 is 1.54 bits per heavy atom. The lowest BCUT2D eigenvalue weighted by Crippen LogP contribution is -2.47. The highest BCUT2D eigenvalue weighted by Gasteiger charge is 2.45. The van der Waals surface area contributed by atoms with Crippen molar-refractivity contribution in [1.82, 2.24) is 19.7 Å². The monoisotopic (exact) mass is 921 g/mol. The van der Waals surface area contributed by atoms with E-state index in [4.69, 9.17) is 35.5 Å². The van der Waals surface area contributed by atoms with Gasteiger partial charge in [-0.25, -0.2) is 0 Å². The van der Waals surface area contributed by atoms with Crippen molar-refractivity contribution in [2.45, 2.75) is 58.5 Å². The zero-order chi connectivity index (χ0) is 45.6. The molecule has 4 heterocycles. The van der Waals surface area contributed by atoms with Gasteiger partial charge in [0, 0.05) is 45.4 Å². The first-order valence-electron chi connectivity index (χ1n) is 21.4. The van der Waals surface area contributed by atoms with Crippen molar-refractivity contribution in [1.29, 1.82) is 0 Å². The highest BCUT2D eigenvalue weighted by molar-refractivity contribution is 7.15. The number of thiophene rings is 1. The highest BCUT2D eigenvalue weighted by atomic mass is 35.5. The van der Waals surface area contributed by atoms with E-state index in [0.29, 0.717) is 80.8 Å². The number of aromatic nitrogens is 3. The lowest BCUT2D eigenvalue weighted by atomic mass is 9.92. The molecule has 0 radical (unpaired) electrons. The highest BCUT2D eigenvalue weighted by Crippen LogP contribution is 2.40. The van der Waals surface area contributed by atoms with Crippen LogP contribution in [0.15, 0.2) is 71.7 Å². The molecule has 65 heavy (non-hydrogen) atoms. The lowest BCUT2D eigenvalue weighted by molar-refractivity contribution is -0.132. The molecule has 0 bridgehead atoms. The molecule has 2 atom stereocenters. The Morgan fingerprint density at radius 3 is 2.26 bits per heavy atom. The molecule has 5 aromatic rings. The summed E-state index contributed by atoms with van der Waals surface area (Å²) in [6, 6.07) is 18.2. The number of rotatable bonds is 19. The molecule has 1 aliphatic carbocycles. The number of nitrogens with zero attached hydrogens (tertiary/aromatic N) is 5. The molecule has 1 unspecified atom stereocenters. The van der Waals surface area contributed by atoms with Crippen LogP contribution >= 0.6 is 22.9 Å². The first-order valence-corrected chi connectivity index (χ1v) is 22.6. The number of imide groups is 1. The fourth-order valence-corrected chi connectivity index (χ4v) is 9.38. The van der Waals surface area contributed by atoms with Crippen molar-refractivity contribution < 1.29 is 42.9 Å². The van der Waals surface area contributed by atoms with Crippen molar-refractivity contribution >= 4 is 69.3 Å². The van der Waals surface area contributed by atoms with Gasteiger partial charge in [0.2, 0.25) is 5.91 Å². The van der Waals surface area contributed by atoms with E-state index in [9.17, 15) is 24.0 Å². The molecule has 1 saturated carbocycles. The molecule has 16 nitrogen and oxygen atoms in total. The first-order chi connectivity index (χ1) is 31.5. The smallest absolute Gasteiger partial charge is 0.264 e. The van der Waals surface area contributed by atoms with Crippen LogP contribution in [0.3, 0.4) is 0 Å². The normalized spacial score (nSPS) is 16.8. The quantitative estimate of drug-likeness (QED) is 0.0510. The molecule has 2 aromatic heterocycles. The summed E-state index contributed by atoms with van der Waals surface area (Å²) in [6.07, 6.45) is 0.115. The third-order valence-corrected chi connectivity index (χ3v) is 12.8. The van der Waals surface area contributed by atoms with E-state index in [0.717, 1.165) is 38.1 Å². The molecule has 2 aliphatic heterocycles. The first kappa shape index (κ1) is 45.5. The number of hydrogen-bond acceptors (Lipinski definition) is 14. The molecule has 8 rings (SSSR count). The second-order valence-electron chi connectivity index (χ2n) is 15.7. The fourth-order valence-electron chi connectivity index (χ4n) is 8.04. The number of carbonyl (C=O) groups excluding carboxylic acids is 5. The van der Waals surface area contributed by atoms with E-state index in [1.807, 2.05) is 35.8 Å². The van der Waals surface area contributed by atoms with Gasteiger partial charge in [-0.2, -0.15) is 0 Å². The number of halogens is 1. The Hall–Kier alpha value is -6.11. The van der Waals surface area contributed by atoms with Gasteiger partial charge in [0.05, 0.1) is 75.4 Å². The number of Topliss-reactive ketones (excluding diaryl/α,β-unsaturated/α-hetero) is 2. The zero-order valence-corrected chi connectivity index (χ0v) is 37.8. The maximum absolute atomic E-state index is 13.5. The molecule has 3 amide bonds. The van der Waals surface area contributed by atoms with E-state index >= 15 is 0 Å². The summed E-state index contributed by atoms with van der Waals surface area (Å²) in [5.41, 5.74) is 5.37. The van der Waals surface area contributed by atoms with E-state index in [2.05, 4.69) is 34.7 Å². The Morgan fingerprint density at radius 1 is 0.831 bits per heavy atom. The standard InChI is InChI=1S/C47H48ClN7O9S/c1-27-28(2)65-47-41(27)43(30-7-9-31(48)10-8-30)51-37(44-53-52-29(3)54(44)47)26-40(58)50-32-11-14-34(15-12-32)64-24-23-63-22-21-62-20-19-61-18-17-49-36-6-4-5-35-42(36)46(60)55(45(35)59)38-16-13-33(56)25-39(38)57/h4-12,14-15,37-38,49H,13,16-26H2,1-3H3,(H,50,58)/t37-,38?/m0/s1. The number of ether oxygens (including phenoxy) is 4. The summed E-state index contributed by atoms with van der Waals surface area (Å²) in [4.78, 5) is 71.4. The van der Waals surface area contributed by atoms with Crippen molar-refractivity contribution in [2.24, 2.45) is 4.99 Å². The molecule has 3 aromatic carbocycles. The Balaban J connectivity index is 0.716. The van der Waals surface area contributed by atoms with Gasteiger partial charge in [-0.1, -0.05) is 29.8 Å². The molecule has 1 fully saturated rings. The lowest BCUT2D eigenvalue weighted by Gasteiger charge is -2.27. The van der Waals surface area contributed by atoms with Crippen LogP contribution in [0.5, 0.6) is 5.75 Å². The van der Waals surface area contributed by atoms with Crippen LogP contribution in [0.1, 0.15) is 85.7 Å². The Labute approximate surface area is 384 Å². The van der Waals surface area contributed by atoms with E-state index in [1.165, 1.54) is 4.88 Å². The number of amides is 3. The molecular formula is C47H48ClN7O9S. The van der Waals surface area contributed by atoms with Gasteiger partial charge < -0.3 is 29.6 Å². The Bertz CT molecular complexity index is 2640. The number of carbonyl (C=O) groups is 5. The summed E-state index contributed by atoms with van der Waals surface area (Å²) >= 11 is 7.90. The summed E-state index contributed by atoms with van der Waals surface area (Å²) in [5, 5.41) is 16.6. The van der Waals surface area contributed by atoms with Crippen LogP contribution in [0.4, 0.5) is 11.4 Å². The second kappa shape index (κ2) is 20.4. The molecule has 18 heteroatoms. The molecule has 2 N–H and O–H groups in total. The number of nitrogens with one attached hydrogen (secondary N) is 2. The van der Waals surface area contributed by atoms with E-state index in [-0.39, 0.29) is 48.5 Å². The van der Waals surface area contributed by atoms with Gasteiger partial charge in [0.15, 0.2) is 11.6 Å². The van der Waals surface area contributed by atoms with Crippen LogP contribution in [0, 0.1) is 20.8 Å². The average molecular weight is 922 g/mol. The third-order valence-electron chi connectivity index (χ3n) is 11.4. The maximum atomic E-state index is 13.5. The maximum Gasteiger partial charge on any atom is 0.264 e. The molecule has 0 spiro atoms. The van der Waals surface area contributed by atoms with Crippen LogP contribution < -0.4 is 15.4 Å². The van der Waals surface area contributed by atoms with Gasteiger partial charge in [-0.15, -0.1) is 21.5 Å². The van der Waals surface area contributed by atoms with Gasteiger partial charge in [0.1, 0.15) is 35.0 Å². The Kier molecular flexibility index (Phi) is 14.3. The van der Waals surface area contributed by atoms with Gasteiger partial charge in [-0.05, 0) is 81.3 Å².